The molecule has 0 fully saturated rings. The minimum absolute atomic E-state index is 0.205. The molecule has 99 heavy (non-hydrogen) atoms. The number of nitrogens with zero attached hydrogens (tertiary/aromatic N) is 5. The molecule has 0 unspecified atom stereocenters. The van der Waals surface area contributed by atoms with Crippen LogP contribution in [0.1, 0.15) is 0 Å². The van der Waals surface area contributed by atoms with E-state index in [0.29, 0.717) is 0 Å². The van der Waals surface area contributed by atoms with Crippen LogP contribution in [0, 0.1) is 0 Å². The molecule has 9 heteroatoms. The van der Waals surface area contributed by atoms with E-state index in [9.17, 15) is 0 Å². The Hall–Kier alpha value is -12.0. The number of rotatable bonds is 11. The van der Waals surface area contributed by atoms with Crippen molar-refractivity contribution in [2.45, 2.75) is 0 Å². The average Bonchev–Trinajstić information content (AvgIpc) is 0.952. The molecule has 0 saturated carbocycles. The topological polar surface area (TPSA) is 25.4 Å². The van der Waals surface area contributed by atoms with Gasteiger partial charge in [-0.15, -0.1) is 0 Å². The first-order valence-corrected chi connectivity index (χ1v) is 36.3. The molecule has 0 atom stereocenters. The summed E-state index contributed by atoms with van der Waals surface area (Å²) >= 11 is -0.736. The van der Waals surface area contributed by atoms with Gasteiger partial charge >= 0.3 is 440 Å². The Balaban J connectivity index is 0.907. The van der Waals surface area contributed by atoms with Gasteiger partial charge in [0.1, 0.15) is 0 Å². The maximum absolute atomic E-state index is 7.92. The van der Waals surface area contributed by atoms with Gasteiger partial charge in [0.15, 0.2) is 0 Å². The van der Waals surface area contributed by atoms with Crippen LogP contribution in [-0.4, -0.2) is 33.9 Å². The van der Waals surface area contributed by atoms with Crippen LogP contribution in [0.25, 0.3) is 39.8 Å². The maximum atomic E-state index is 7.92. The molecular weight excluding hydrogens is 1320 g/mol. The Bertz CT molecular complexity index is 5800. The fourth-order valence-corrected chi connectivity index (χ4v) is 19.6. The third kappa shape index (κ3) is 9.19. The van der Waals surface area contributed by atoms with Gasteiger partial charge in [-0.3, -0.25) is 0 Å². The van der Waals surface area contributed by atoms with Gasteiger partial charge < -0.3 is 0 Å². The number of hydrogen-bond donors (Lipinski definition) is 0. The summed E-state index contributed by atoms with van der Waals surface area (Å²) in [4.78, 5) is 12.6. The van der Waals surface area contributed by atoms with Crippen molar-refractivity contribution in [3.05, 3.63) is 358 Å². The molecule has 462 valence electrons. The molecule has 16 aromatic rings. The zero-order chi connectivity index (χ0) is 65.1. The monoisotopic (exact) mass is 1380 g/mol. The summed E-state index contributed by atoms with van der Waals surface area (Å²) < 4.78 is 10.8. The van der Waals surface area contributed by atoms with Gasteiger partial charge in [-0.05, 0) is 36.4 Å². The molecule has 20 rings (SSSR count). The van der Waals surface area contributed by atoms with E-state index < -0.39 is 20.4 Å². The van der Waals surface area contributed by atoms with Gasteiger partial charge in [-0.2, -0.15) is 0 Å². The molecule has 15 aromatic carbocycles. The van der Waals surface area contributed by atoms with Crippen LogP contribution in [-0.2, 0) is 0 Å². The molecule has 0 amide bonds. The Kier molecular flexibility index (Phi) is 13.5. The molecule has 5 heterocycles. The van der Waals surface area contributed by atoms with Crippen LogP contribution in [0.3, 0.4) is 0 Å². The summed E-state index contributed by atoms with van der Waals surface area (Å²) in [5.41, 5.74) is 28.0. The van der Waals surface area contributed by atoms with Crippen LogP contribution in [0.2, 0.25) is 0 Å². The average molecular weight is 1380 g/mol. The van der Waals surface area contributed by atoms with Gasteiger partial charge in [0.05, 0.1) is 0 Å². The van der Waals surface area contributed by atoms with Crippen LogP contribution in [0.5, 0.6) is 11.5 Å². The first-order chi connectivity index (χ1) is 49.2. The van der Waals surface area contributed by atoms with E-state index in [4.69, 9.17) is 4.74 Å². The molecule has 0 aliphatic carbocycles. The van der Waals surface area contributed by atoms with E-state index in [0.717, 1.165) is 130 Å². The third-order valence-corrected chi connectivity index (χ3v) is 23.6. The first kappa shape index (κ1) is 57.3. The summed E-state index contributed by atoms with van der Waals surface area (Å²) in [6.45, 7) is -0.437. The van der Waals surface area contributed by atoms with Crippen molar-refractivity contribution in [2.75, 3.05) is 24.5 Å². The predicted octanol–water partition coefficient (Wildman–Crippen LogP) is 19.8. The van der Waals surface area contributed by atoms with Crippen LogP contribution in [0.4, 0.5) is 85.3 Å². The zero-order valence-electron chi connectivity index (χ0n) is 53.8. The summed E-state index contributed by atoms with van der Waals surface area (Å²) in [5.74, 6) is 1.66. The zero-order valence-corrected chi connectivity index (χ0v) is 56.1. The SMILES string of the molecule is c1ccc(-c2ccccc2N(c2ccccc2)c2cc3c4c(c2)N(c2cccc5[te]c6ccccc6c25)c2cc5c(cc2B4c2ccccc2N3c2ccccc2-c2ccccc2)B2c3ccccc3N(c3ccccc3)c3cc(N(c4ccccc4)c4ccccc4)cc(c32)O5)cc1. The van der Waals surface area contributed by atoms with E-state index >= 15 is 0 Å². The van der Waals surface area contributed by atoms with E-state index in [1.165, 1.54) is 39.4 Å². The Morgan fingerprint density at radius 3 is 1.39 bits per heavy atom. The van der Waals surface area contributed by atoms with Crippen LogP contribution >= 0.6 is 0 Å². The fraction of sp³-hybridized carbons (Fsp3) is 0. The molecule has 0 N–H and O–H groups in total. The molecule has 6 nitrogen and oxygen atoms in total. The smallest absolute Gasteiger partial charge is 0.0616 e. The number of fused-ring (bicyclic) bond motifs is 11. The Labute approximate surface area is 586 Å². The van der Waals surface area contributed by atoms with Gasteiger partial charge in [0, 0.05) is 17.1 Å². The summed E-state index contributed by atoms with van der Waals surface area (Å²) in [5, 5.41) is 2.62. The third-order valence-electron chi connectivity index (χ3n) is 20.4. The number of anilines is 15. The summed E-state index contributed by atoms with van der Waals surface area (Å²) in [6.07, 6.45) is 0. The van der Waals surface area contributed by atoms with Gasteiger partial charge in [-0.1, -0.05) is 97.1 Å². The second-order valence-electron chi connectivity index (χ2n) is 25.8. The fourth-order valence-electron chi connectivity index (χ4n) is 16.4. The molecule has 4 aliphatic heterocycles. The van der Waals surface area contributed by atoms with E-state index in [-0.39, 0.29) is 13.4 Å². The second-order valence-corrected chi connectivity index (χ2v) is 28.9. The second kappa shape index (κ2) is 23.4. The molecular formula is C90H59B2N5OTe. The molecule has 1 aromatic heterocycles. The molecule has 0 bridgehead atoms. The standard InChI is InChI=1S/C90H59B2N5OTe/c1-7-30-60(31-8-1)68-42-19-24-47-75(68)94(64-38-15-5-16-39-64)66-54-81-89-82(55-66)97(79-51-29-53-87-88(79)70-44-21-28-52-86(70)99-87)80-59-84-74(58-73(80)91(89)72-46-23-27-50-78(72)96(81)76-48-25-20-43-69(76)61-32-9-2-10-33-61)92-71-45-22-26-49-77(71)95(65-40-17-6-18-41-65)83-56-67(57-85(98-84)90(83)92)93(62-34-11-3-12-35-62)63-36-13-4-14-37-63/h1-59H. The minimum Gasteiger partial charge on any atom is -0.0616 e. The van der Waals surface area contributed by atoms with E-state index in [1.54, 1.807) is 0 Å². The minimum atomic E-state index is -0.736. The Morgan fingerprint density at radius 1 is 0.273 bits per heavy atom. The van der Waals surface area contributed by atoms with Crippen molar-refractivity contribution in [1.29, 1.82) is 0 Å². The van der Waals surface area contributed by atoms with Crippen LogP contribution < -0.4 is 62.0 Å². The summed E-state index contributed by atoms with van der Waals surface area (Å²) in [7, 11) is 0. The van der Waals surface area contributed by atoms with Crippen molar-refractivity contribution in [1.82, 2.24) is 0 Å². The molecule has 4 aliphatic rings. The number of hydrogen-bond acceptors (Lipinski definition) is 6. The number of benzene rings is 15. The van der Waals surface area contributed by atoms with Crippen molar-refractivity contribution < 1.29 is 4.74 Å². The van der Waals surface area contributed by atoms with Crippen molar-refractivity contribution in [2.24, 2.45) is 0 Å². The van der Waals surface area contributed by atoms with Gasteiger partial charge in [-0.25, -0.2) is 0 Å². The van der Waals surface area contributed by atoms with Gasteiger partial charge in [0.2, 0.25) is 0 Å². The van der Waals surface area contributed by atoms with E-state index in [2.05, 4.69) is 382 Å². The van der Waals surface area contributed by atoms with Crippen LogP contribution in [0.15, 0.2) is 358 Å². The molecule has 0 saturated heterocycles. The van der Waals surface area contributed by atoms with Crippen molar-refractivity contribution in [3.63, 3.8) is 0 Å². The number of ether oxygens (including phenoxy) is 1. The normalized spacial score (nSPS) is 12.8. The van der Waals surface area contributed by atoms with Crippen molar-refractivity contribution >= 4 is 170 Å². The van der Waals surface area contributed by atoms with Gasteiger partial charge in [0.25, 0.3) is 0 Å². The molecule has 0 spiro atoms. The summed E-state index contributed by atoms with van der Waals surface area (Å²) in [6, 6.07) is 132. The van der Waals surface area contributed by atoms with Crippen molar-refractivity contribution in [3.8, 4) is 33.8 Å². The predicted molar refractivity (Wildman–Crippen MR) is 419 cm³/mol. The Morgan fingerprint density at radius 2 is 0.737 bits per heavy atom. The first-order valence-electron chi connectivity index (χ1n) is 34.0. The quantitative estimate of drug-likeness (QED) is 0.120. The number of para-hydroxylation sites is 8. The van der Waals surface area contributed by atoms with E-state index in [1.807, 2.05) is 0 Å². The molecule has 0 radical (unpaired) electrons.